The van der Waals surface area contributed by atoms with Crippen LogP contribution in [0.1, 0.15) is 40.2 Å². The van der Waals surface area contributed by atoms with Gasteiger partial charge in [0.2, 0.25) is 22.7 Å². The van der Waals surface area contributed by atoms with Crippen LogP contribution >= 0.6 is 0 Å². The molecule has 1 heterocycles. The molecule has 0 aromatic heterocycles. The zero-order valence-electron chi connectivity index (χ0n) is 23.0. The van der Waals surface area contributed by atoms with Crippen molar-refractivity contribution in [1.82, 2.24) is 9.62 Å². The molecule has 0 saturated heterocycles. The third-order valence-electron chi connectivity index (χ3n) is 7.06. The molecule has 3 N–H and O–H groups in total. The molecule has 2 aromatic carbocycles. The third kappa shape index (κ3) is 7.28. The number of rotatable bonds is 13. The Labute approximate surface area is 230 Å². The molecule has 0 fully saturated rings. The summed E-state index contributed by atoms with van der Waals surface area (Å²) in [4.78, 5) is 24.9. The number of nitrogens with zero attached hydrogens (tertiary/aromatic N) is 1. The van der Waals surface area contributed by atoms with E-state index in [2.05, 4.69) is 5.32 Å². The van der Waals surface area contributed by atoms with E-state index in [-0.39, 0.29) is 37.1 Å². The number of sulfonamides is 1. The summed E-state index contributed by atoms with van der Waals surface area (Å²) in [6.07, 6.45) is -1.08. The molecule has 3 rings (SSSR count). The van der Waals surface area contributed by atoms with Crippen LogP contribution in [0.15, 0.2) is 53.4 Å². The highest BCUT2D eigenvalue weighted by molar-refractivity contribution is 7.89. The van der Waals surface area contributed by atoms with Crippen molar-refractivity contribution in [2.75, 3.05) is 19.9 Å². The van der Waals surface area contributed by atoms with Gasteiger partial charge in [0.25, 0.3) is 0 Å². The second-order valence-electron chi connectivity index (χ2n) is 10.9. The van der Waals surface area contributed by atoms with Crippen LogP contribution in [-0.4, -0.2) is 66.8 Å². The number of carbonyl (C=O) groups excluding carboxylic acids is 1. The van der Waals surface area contributed by atoms with Crippen LogP contribution in [-0.2, 0) is 26.0 Å². The maximum Gasteiger partial charge on any atom is 0.309 e. The monoisotopic (exact) mass is 562 g/mol. The highest BCUT2D eigenvalue weighted by atomic mass is 32.2. The van der Waals surface area contributed by atoms with Gasteiger partial charge < -0.3 is 25.0 Å². The van der Waals surface area contributed by atoms with Crippen molar-refractivity contribution >= 4 is 21.9 Å². The lowest BCUT2D eigenvalue weighted by Gasteiger charge is -2.33. The first-order valence-electron chi connectivity index (χ1n) is 12.9. The molecule has 3 unspecified atom stereocenters. The molecule has 39 heavy (non-hydrogen) atoms. The quantitative estimate of drug-likeness (QED) is 0.338. The summed E-state index contributed by atoms with van der Waals surface area (Å²) in [6, 6.07) is 12.7. The number of benzene rings is 2. The molecule has 0 bridgehead atoms. The van der Waals surface area contributed by atoms with E-state index in [1.54, 1.807) is 0 Å². The van der Waals surface area contributed by atoms with Crippen molar-refractivity contribution in [2.45, 2.75) is 58.1 Å². The second-order valence-corrected chi connectivity index (χ2v) is 12.8. The molecule has 0 aliphatic carbocycles. The normalized spacial score (nSPS) is 15.7. The van der Waals surface area contributed by atoms with Gasteiger partial charge in [-0.1, -0.05) is 51.1 Å². The lowest BCUT2D eigenvalue weighted by Crippen LogP contribution is -2.53. The zero-order valence-corrected chi connectivity index (χ0v) is 23.8. The lowest BCUT2D eigenvalue weighted by atomic mass is 9.79. The average molecular weight is 563 g/mol. The van der Waals surface area contributed by atoms with Crippen LogP contribution in [0.3, 0.4) is 0 Å². The highest BCUT2D eigenvalue weighted by Crippen LogP contribution is 2.35. The molecule has 0 radical (unpaired) electrons. The molecule has 1 aliphatic rings. The molecule has 0 saturated carbocycles. The van der Waals surface area contributed by atoms with E-state index >= 15 is 0 Å². The van der Waals surface area contributed by atoms with Gasteiger partial charge in [0.15, 0.2) is 11.5 Å². The fraction of sp³-hybridized carbons (Fsp3) is 0.500. The maximum absolute atomic E-state index is 13.7. The van der Waals surface area contributed by atoms with E-state index < -0.39 is 45.4 Å². The summed E-state index contributed by atoms with van der Waals surface area (Å²) in [5.41, 5.74) is -0.528. The highest BCUT2D eigenvalue weighted by Gasteiger charge is 2.40. The number of carboxylic acid groups (broad SMARTS) is 1. The standard InChI is InChI=1S/C28H38N2O8S/c1-18(2)15-30(39(35,36)21-11-12-24-25(14-21)38-17-37-24)16-23(31)22(13-20-9-7-6-8-10-20)29-26(32)19(3)28(4,5)27(33)34/h6-12,14,18-19,22-23,31H,13,15-17H2,1-5H3,(H,29,32)(H,33,34). The smallest absolute Gasteiger partial charge is 0.309 e. The number of carboxylic acids is 1. The van der Waals surface area contributed by atoms with Gasteiger partial charge in [0.05, 0.1) is 28.4 Å². The summed E-state index contributed by atoms with van der Waals surface area (Å²) in [5.74, 6) is -1.86. The molecule has 1 amide bonds. The average Bonchev–Trinajstić information content (AvgIpc) is 3.35. The topological polar surface area (TPSA) is 142 Å². The van der Waals surface area contributed by atoms with Gasteiger partial charge in [-0.25, -0.2) is 8.42 Å². The van der Waals surface area contributed by atoms with E-state index in [0.717, 1.165) is 5.56 Å². The number of fused-ring (bicyclic) bond motifs is 1. The molecule has 214 valence electrons. The number of hydrogen-bond donors (Lipinski definition) is 3. The number of ether oxygens (including phenoxy) is 2. The molecule has 10 nitrogen and oxygen atoms in total. The molecule has 0 spiro atoms. The first kappa shape index (κ1) is 30.4. The van der Waals surface area contributed by atoms with Crippen LogP contribution in [0.2, 0.25) is 0 Å². The van der Waals surface area contributed by atoms with E-state index in [9.17, 15) is 28.2 Å². The fourth-order valence-corrected chi connectivity index (χ4v) is 5.81. The van der Waals surface area contributed by atoms with E-state index in [0.29, 0.717) is 11.5 Å². The van der Waals surface area contributed by atoms with Crippen molar-refractivity contribution in [1.29, 1.82) is 0 Å². The van der Waals surface area contributed by atoms with Gasteiger partial charge in [-0.15, -0.1) is 0 Å². The van der Waals surface area contributed by atoms with Crippen molar-refractivity contribution in [3.63, 3.8) is 0 Å². The number of nitrogens with one attached hydrogen (secondary N) is 1. The van der Waals surface area contributed by atoms with Crippen LogP contribution in [0.4, 0.5) is 0 Å². The van der Waals surface area contributed by atoms with Crippen molar-refractivity contribution < 1.29 is 37.7 Å². The number of aliphatic hydroxyl groups is 1. The van der Waals surface area contributed by atoms with Gasteiger partial charge >= 0.3 is 5.97 Å². The molecule has 2 aromatic rings. The largest absolute Gasteiger partial charge is 0.481 e. The Morgan fingerprint density at radius 3 is 2.28 bits per heavy atom. The summed E-state index contributed by atoms with van der Waals surface area (Å²) < 4.78 is 39.2. The predicted octanol–water partition coefficient (Wildman–Crippen LogP) is 2.90. The van der Waals surface area contributed by atoms with E-state index in [1.165, 1.54) is 43.3 Å². The molecular formula is C28H38N2O8S. The molecular weight excluding hydrogens is 524 g/mol. The maximum atomic E-state index is 13.7. The second kappa shape index (κ2) is 12.4. The Morgan fingerprint density at radius 2 is 1.67 bits per heavy atom. The predicted molar refractivity (Wildman–Crippen MR) is 145 cm³/mol. The minimum absolute atomic E-state index is 0.0000694. The number of hydrogen-bond acceptors (Lipinski definition) is 7. The van der Waals surface area contributed by atoms with Crippen molar-refractivity contribution in [2.24, 2.45) is 17.3 Å². The SMILES string of the molecule is CC(C)CN(CC(O)C(Cc1ccccc1)NC(=O)C(C)C(C)(C)C(=O)O)S(=O)(=O)c1ccc2c(c1)OCO2. The number of amides is 1. The van der Waals surface area contributed by atoms with Gasteiger partial charge in [-0.3, -0.25) is 9.59 Å². The van der Waals surface area contributed by atoms with Gasteiger partial charge in [0.1, 0.15) is 0 Å². The summed E-state index contributed by atoms with van der Waals surface area (Å²) >= 11 is 0. The van der Waals surface area contributed by atoms with Crippen LogP contribution < -0.4 is 14.8 Å². The Kier molecular flexibility index (Phi) is 9.63. The van der Waals surface area contributed by atoms with Crippen LogP contribution in [0.25, 0.3) is 0 Å². The fourth-order valence-electron chi connectivity index (χ4n) is 4.17. The molecule has 3 atom stereocenters. The Morgan fingerprint density at radius 1 is 1.03 bits per heavy atom. The first-order valence-corrected chi connectivity index (χ1v) is 14.3. The van der Waals surface area contributed by atoms with Crippen molar-refractivity contribution in [3.05, 3.63) is 54.1 Å². The Balaban J connectivity index is 1.89. The minimum Gasteiger partial charge on any atom is -0.481 e. The van der Waals surface area contributed by atoms with Gasteiger partial charge in [-0.05, 0) is 43.9 Å². The molecule has 1 aliphatic heterocycles. The Bertz CT molecular complexity index is 1260. The van der Waals surface area contributed by atoms with E-state index in [1.807, 2.05) is 44.2 Å². The van der Waals surface area contributed by atoms with Crippen LogP contribution in [0.5, 0.6) is 11.5 Å². The van der Waals surface area contributed by atoms with Crippen molar-refractivity contribution in [3.8, 4) is 11.5 Å². The first-order chi connectivity index (χ1) is 18.2. The zero-order chi connectivity index (χ0) is 29.0. The number of aliphatic hydroxyl groups excluding tert-OH is 1. The summed E-state index contributed by atoms with van der Waals surface area (Å²) in [7, 11) is -4.05. The summed E-state index contributed by atoms with van der Waals surface area (Å²) in [6.45, 7) is 8.03. The number of aliphatic carboxylic acids is 1. The Hall–Kier alpha value is -3.15. The van der Waals surface area contributed by atoms with Crippen LogP contribution in [0, 0.1) is 17.3 Å². The molecule has 11 heteroatoms. The minimum atomic E-state index is -4.05. The van der Waals surface area contributed by atoms with E-state index in [4.69, 9.17) is 9.47 Å². The number of carbonyl (C=O) groups is 2. The van der Waals surface area contributed by atoms with Gasteiger partial charge in [0, 0.05) is 19.2 Å². The summed E-state index contributed by atoms with van der Waals surface area (Å²) in [5, 5.41) is 23.8. The lowest BCUT2D eigenvalue weighted by molar-refractivity contribution is -0.153. The van der Waals surface area contributed by atoms with Gasteiger partial charge in [-0.2, -0.15) is 4.31 Å². The third-order valence-corrected chi connectivity index (χ3v) is 8.89.